The first-order valence-electron chi connectivity index (χ1n) is 6.60. The van der Waals surface area contributed by atoms with E-state index in [1.807, 2.05) is 11.8 Å². The highest BCUT2D eigenvalue weighted by atomic mass is 19.2. The molecule has 21 heavy (non-hydrogen) atoms. The van der Waals surface area contributed by atoms with Crippen molar-refractivity contribution in [2.75, 3.05) is 24.5 Å². The van der Waals surface area contributed by atoms with E-state index in [2.05, 4.69) is 20.5 Å². The lowest BCUT2D eigenvalue weighted by atomic mass is 10.2. The average molecular weight is 297 g/mol. The van der Waals surface area contributed by atoms with E-state index in [4.69, 9.17) is 0 Å². The number of aromatic amines is 1. The highest BCUT2D eigenvalue weighted by Gasteiger charge is 2.20. The number of nitrogens with one attached hydrogen (secondary N) is 2. The summed E-state index contributed by atoms with van der Waals surface area (Å²) in [4.78, 5) is 6.20. The summed E-state index contributed by atoms with van der Waals surface area (Å²) in [5.74, 6) is -3.33. The lowest BCUT2D eigenvalue weighted by Crippen LogP contribution is -2.49. The van der Waals surface area contributed by atoms with E-state index in [0.29, 0.717) is 12.0 Å². The number of halogens is 3. The zero-order chi connectivity index (χ0) is 15.0. The zero-order valence-electron chi connectivity index (χ0n) is 11.3. The van der Waals surface area contributed by atoms with E-state index in [1.54, 1.807) is 0 Å². The standard InChI is InChI=1S/C13H14F3N5/c1-7-6-21(3-2-17-7)13-18-12(19-20-13)8-4-9(14)11(16)10(15)5-8/h4-5,7,17H,2-3,6H2,1H3,(H,18,19,20). The van der Waals surface area contributed by atoms with Crippen LogP contribution in [0.2, 0.25) is 0 Å². The van der Waals surface area contributed by atoms with Crippen molar-refractivity contribution in [3.05, 3.63) is 29.6 Å². The summed E-state index contributed by atoms with van der Waals surface area (Å²) in [6.07, 6.45) is 0. The number of aromatic nitrogens is 3. The lowest BCUT2D eigenvalue weighted by molar-refractivity contribution is 0.447. The first kappa shape index (κ1) is 13.9. The molecule has 1 aliphatic rings. The fourth-order valence-electron chi connectivity index (χ4n) is 2.33. The Kier molecular flexibility index (Phi) is 3.54. The first-order valence-corrected chi connectivity index (χ1v) is 6.60. The van der Waals surface area contributed by atoms with Crippen LogP contribution in [0.3, 0.4) is 0 Å². The quantitative estimate of drug-likeness (QED) is 0.828. The van der Waals surface area contributed by atoms with Gasteiger partial charge in [0.05, 0.1) is 0 Å². The summed E-state index contributed by atoms with van der Waals surface area (Å²) < 4.78 is 39.4. The van der Waals surface area contributed by atoms with E-state index >= 15 is 0 Å². The predicted octanol–water partition coefficient (Wildman–Crippen LogP) is 1.69. The van der Waals surface area contributed by atoms with Gasteiger partial charge in [-0.1, -0.05) is 0 Å². The molecule has 3 rings (SSSR count). The van der Waals surface area contributed by atoms with Gasteiger partial charge in [-0.25, -0.2) is 13.2 Å². The molecule has 2 N–H and O–H groups in total. The van der Waals surface area contributed by atoms with Gasteiger partial charge in [-0.3, -0.25) is 5.10 Å². The maximum atomic E-state index is 13.2. The molecule has 1 fully saturated rings. The second-order valence-electron chi connectivity index (χ2n) is 5.04. The van der Waals surface area contributed by atoms with Gasteiger partial charge in [0.2, 0.25) is 5.95 Å². The van der Waals surface area contributed by atoms with Crippen molar-refractivity contribution in [1.82, 2.24) is 20.5 Å². The van der Waals surface area contributed by atoms with Gasteiger partial charge in [0.15, 0.2) is 23.3 Å². The van der Waals surface area contributed by atoms with Crippen LogP contribution < -0.4 is 10.2 Å². The molecule has 0 amide bonds. The van der Waals surface area contributed by atoms with E-state index in [0.717, 1.165) is 31.8 Å². The molecule has 1 aromatic carbocycles. The molecule has 1 aromatic heterocycles. The second kappa shape index (κ2) is 5.36. The van der Waals surface area contributed by atoms with E-state index in [-0.39, 0.29) is 11.4 Å². The van der Waals surface area contributed by atoms with Crippen molar-refractivity contribution in [3.63, 3.8) is 0 Å². The summed E-state index contributed by atoms with van der Waals surface area (Å²) in [7, 11) is 0. The topological polar surface area (TPSA) is 56.8 Å². The molecule has 112 valence electrons. The van der Waals surface area contributed by atoms with Crippen LogP contribution in [0.1, 0.15) is 6.92 Å². The Hall–Kier alpha value is -2.09. The Morgan fingerprint density at radius 1 is 1.24 bits per heavy atom. The summed E-state index contributed by atoms with van der Waals surface area (Å²) in [5, 5.41) is 9.98. The molecular formula is C13H14F3N5. The Morgan fingerprint density at radius 2 is 1.95 bits per heavy atom. The molecular weight excluding hydrogens is 283 g/mol. The van der Waals surface area contributed by atoms with Gasteiger partial charge >= 0.3 is 0 Å². The first-order chi connectivity index (χ1) is 10.0. The summed E-state index contributed by atoms with van der Waals surface area (Å²) in [6.45, 7) is 4.34. The molecule has 0 spiro atoms. The van der Waals surface area contributed by atoms with Gasteiger partial charge in [-0.2, -0.15) is 4.98 Å². The van der Waals surface area contributed by atoms with Crippen molar-refractivity contribution < 1.29 is 13.2 Å². The maximum Gasteiger partial charge on any atom is 0.245 e. The average Bonchev–Trinajstić information content (AvgIpc) is 2.94. The Labute approximate surface area is 119 Å². The van der Waals surface area contributed by atoms with Gasteiger partial charge in [0, 0.05) is 31.2 Å². The SMILES string of the molecule is CC1CN(c2n[nH]c(-c3cc(F)c(F)c(F)c3)n2)CCN1. The summed E-state index contributed by atoms with van der Waals surface area (Å²) in [5.41, 5.74) is 0.119. The number of piperazine rings is 1. The number of rotatable bonds is 2. The third-order valence-corrected chi connectivity index (χ3v) is 3.38. The molecule has 5 nitrogen and oxygen atoms in total. The molecule has 0 saturated carbocycles. The van der Waals surface area contributed by atoms with E-state index in [9.17, 15) is 13.2 Å². The fraction of sp³-hybridized carbons (Fsp3) is 0.385. The summed E-state index contributed by atoms with van der Waals surface area (Å²) >= 11 is 0. The Balaban J connectivity index is 1.88. The monoisotopic (exact) mass is 297 g/mol. The minimum Gasteiger partial charge on any atom is -0.337 e. The van der Waals surface area contributed by atoms with Crippen molar-refractivity contribution in [2.24, 2.45) is 0 Å². The van der Waals surface area contributed by atoms with Crippen molar-refractivity contribution in [1.29, 1.82) is 0 Å². The van der Waals surface area contributed by atoms with Gasteiger partial charge in [0.1, 0.15) is 0 Å². The number of hydrogen-bond acceptors (Lipinski definition) is 4. The van der Waals surface area contributed by atoms with E-state index < -0.39 is 17.5 Å². The second-order valence-corrected chi connectivity index (χ2v) is 5.04. The van der Waals surface area contributed by atoms with Gasteiger partial charge in [-0.05, 0) is 19.1 Å². The zero-order valence-corrected chi connectivity index (χ0v) is 11.3. The highest BCUT2D eigenvalue weighted by Crippen LogP contribution is 2.22. The van der Waals surface area contributed by atoms with Crippen molar-refractivity contribution in [2.45, 2.75) is 13.0 Å². The number of nitrogens with zero attached hydrogens (tertiary/aromatic N) is 3. The minimum absolute atomic E-state index is 0.119. The normalized spacial score (nSPS) is 19.0. The molecule has 1 aliphatic heterocycles. The number of H-pyrrole nitrogens is 1. The van der Waals surface area contributed by atoms with Crippen LogP contribution in [0, 0.1) is 17.5 Å². The molecule has 1 saturated heterocycles. The van der Waals surface area contributed by atoms with Gasteiger partial charge in [-0.15, -0.1) is 5.10 Å². The molecule has 2 heterocycles. The minimum atomic E-state index is -1.49. The van der Waals surface area contributed by atoms with Gasteiger partial charge in [0.25, 0.3) is 0 Å². The van der Waals surface area contributed by atoms with Crippen LogP contribution in [-0.2, 0) is 0 Å². The van der Waals surface area contributed by atoms with Crippen LogP contribution in [0.4, 0.5) is 19.1 Å². The molecule has 0 bridgehead atoms. The summed E-state index contributed by atoms with van der Waals surface area (Å²) in [6, 6.07) is 2.09. The number of anilines is 1. The largest absolute Gasteiger partial charge is 0.337 e. The van der Waals surface area contributed by atoms with Crippen LogP contribution in [-0.4, -0.2) is 40.9 Å². The fourth-order valence-corrected chi connectivity index (χ4v) is 2.33. The molecule has 0 radical (unpaired) electrons. The van der Waals surface area contributed by atoms with Crippen LogP contribution >= 0.6 is 0 Å². The number of hydrogen-bond donors (Lipinski definition) is 2. The predicted molar refractivity (Wildman–Crippen MR) is 71.4 cm³/mol. The van der Waals surface area contributed by atoms with Crippen LogP contribution in [0.25, 0.3) is 11.4 Å². The van der Waals surface area contributed by atoms with Crippen molar-refractivity contribution >= 4 is 5.95 Å². The van der Waals surface area contributed by atoms with Crippen LogP contribution in [0.15, 0.2) is 12.1 Å². The third-order valence-electron chi connectivity index (χ3n) is 3.38. The molecule has 1 unspecified atom stereocenters. The smallest absolute Gasteiger partial charge is 0.245 e. The Morgan fingerprint density at radius 3 is 2.62 bits per heavy atom. The van der Waals surface area contributed by atoms with Gasteiger partial charge < -0.3 is 10.2 Å². The molecule has 2 aromatic rings. The Bertz CT molecular complexity index is 634. The molecule has 0 aliphatic carbocycles. The third kappa shape index (κ3) is 2.71. The van der Waals surface area contributed by atoms with Crippen LogP contribution in [0.5, 0.6) is 0 Å². The van der Waals surface area contributed by atoms with Crippen molar-refractivity contribution in [3.8, 4) is 11.4 Å². The molecule has 1 atom stereocenters. The molecule has 8 heteroatoms. The highest BCUT2D eigenvalue weighted by molar-refractivity contribution is 5.56. The van der Waals surface area contributed by atoms with E-state index in [1.165, 1.54) is 0 Å². The lowest BCUT2D eigenvalue weighted by Gasteiger charge is -2.30. The maximum absolute atomic E-state index is 13.2. The number of benzene rings is 1.